The molecule has 0 unspecified atom stereocenters. The van der Waals surface area contributed by atoms with Crippen LogP contribution in [0.4, 0.5) is 5.88 Å². The molecular formula is C29H32BrN3O5S. The number of piperidine rings is 1. The maximum atomic E-state index is 14.0. The molecule has 5 rings (SSSR count). The lowest BCUT2D eigenvalue weighted by Crippen LogP contribution is -2.40. The molecule has 10 heteroatoms. The van der Waals surface area contributed by atoms with Gasteiger partial charge in [0.1, 0.15) is 11.5 Å². The summed E-state index contributed by atoms with van der Waals surface area (Å²) >= 11 is 4.93. The fraction of sp³-hybridized carbons (Fsp3) is 0.414. The number of ether oxygens (including phenoxy) is 2. The molecule has 4 heterocycles. The summed E-state index contributed by atoms with van der Waals surface area (Å²) in [5, 5.41) is 0. The first-order chi connectivity index (χ1) is 18.9. The zero-order valence-electron chi connectivity index (χ0n) is 22.4. The van der Waals surface area contributed by atoms with Crippen LogP contribution in [0.1, 0.15) is 63.3 Å². The number of methoxy groups -OCH3 is 1. The van der Waals surface area contributed by atoms with E-state index in [0.717, 1.165) is 48.3 Å². The molecular weight excluding hydrogens is 582 g/mol. The number of esters is 1. The van der Waals surface area contributed by atoms with E-state index in [0.29, 0.717) is 38.5 Å². The number of carbonyl (C=O) groups excluding carboxylic acids is 1. The van der Waals surface area contributed by atoms with Crippen molar-refractivity contribution in [2.75, 3.05) is 31.7 Å². The molecule has 2 aliphatic rings. The number of hydrogen-bond donors (Lipinski definition) is 0. The summed E-state index contributed by atoms with van der Waals surface area (Å²) < 4.78 is 20.1. The van der Waals surface area contributed by atoms with E-state index in [-0.39, 0.29) is 12.2 Å². The van der Waals surface area contributed by atoms with Crippen molar-refractivity contribution < 1.29 is 18.7 Å². The number of fused-ring (bicyclic) bond motifs is 1. The highest BCUT2D eigenvalue weighted by Crippen LogP contribution is 2.35. The van der Waals surface area contributed by atoms with Gasteiger partial charge in [0.15, 0.2) is 4.80 Å². The number of aromatic nitrogens is 1. The highest BCUT2D eigenvalue weighted by molar-refractivity contribution is 9.10. The van der Waals surface area contributed by atoms with E-state index in [4.69, 9.17) is 18.9 Å². The predicted molar refractivity (Wildman–Crippen MR) is 155 cm³/mol. The summed E-state index contributed by atoms with van der Waals surface area (Å²) in [6, 6.07) is 8.65. The van der Waals surface area contributed by atoms with Gasteiger partial charge in [-0.25, -0.2) is 9.79 Å². The summed E-state index contributed by atoms with van der Waals surface area (Å²) in [7, 11) is 1.59. The van der Waals surface area contributed by atoms with Crippen LogP contribution in [0.2, 0.25) is 0 Å². The van der Waals surface area contributed by atoms with E-state index < -0.39 is 12.0 Å². The Hall–Kier alpha value is -3.11. The van der Waals surface area contributed by atoms with Crippen molar-refractivity contribution in [2.45, 2.75) is 52.0 Å². The minimum absolute atomic E-state index is 0.226. The number of furan rings is 1. The first-order valence-electron chi connectivity index (χ1n) is 13.3. The van der Waals surface area contributed by atoms with Crippen LogP contribution in [0.5, 0.6) is 5.75 Å². The molecule has 0 aliphatic carbocycles. The lowest BCUT2D eigenvalue weighted by Gasteiger charge is -2.26. The van der Waals surface area contributed by atoms with E-state index in [1.54, 1.807) is 24.7 Å². The van der Waals surface area contributed by atoms with Crippen molar-refractivity contribution in [1.29, 1.82) is 0 Å². The molecule has 206 valence electrons. The lowest BCUT2D eigenvalue weighted by molar-refractivity contribution is -0.139. The molecule has 1 saturated heterocycles. The number of benzene rings is 1. The van der Waals surface area contributed by atoms with Crippen LogP contribution in [-0.4, -0.2) is 37.3 Å². The Labute approximate surface area is 239 Å². The third-order valence-corrected chi connectivity index (χ3v) is 8.46. The average molecular weight is 615 g/mol. The van der Waals surface area contributed by atoms with Gasteiger partial charge < -0.3 is 18.8 Å². The summed E-state index contributed by atoms with van der Waals surface area (Å²) in [5.41, 5.74) is 1.54. The molecule has 0 radical (unpaired) electrons. The van der Waals surface area contributed by atoms with Gasteiger partial charge in [-0.3, -0.25) is 9.36 Å². The minimum Gasteiger partial charge on any atom is -0.497 e. The van der Waals surface area contributed by atoms with Gasteiger partial charge in [0.05, 0.1) is 40.0 Å². The van der Waals surface area contributed by atoms with Crippen molar-refractivity contribution in [3.05, 3.63) is 77.1 Å². The highest BCUT2D eigenvalue weighted by atomic mass is 79.9. The van der Waals surface area contributed by atoms with Crippen LogP contribution in [0, 0.1) is 0 Å². The third-order valence-electron chi connectivity index (χ3n) is 6.91. The van der Waals surface area contributed by atoms with Crippen molar-refractivity contribution in [1.82, 2.24) is 4.57 Å². The molecule has 8 nitrogen and oxygen atoms in total. The standard InChI is InChI=1S/C29H32BrN3O5S/c1-4-10-22-24(28(35)37-5-2)25(18-11-9-12-19(15-18)36-3)33-26(34)23(39-29(33)31-22)17-20-16-21(30)27(38-20)32-13-7-6-8-14-32/h9,11-12,15-17,25H,4-8,10,13-14H2,1-3H3/b23-17+/t25-/m0/s1. The maximum absolute atomic E-state index is 14.0. The van der Waals surface area contributed by atoms with Crippen molar-refractivity contribution >= 4 is 45.2 Å². The molecule has 0 bridgehead atoms. The second-order valence-corrected chi connectivity index (χ2v) is 11.4. The van der Waals surface area contributed by atoms with Gasteiger partial charge in [-0.2, -0.15) is 0 Å². The Balaban J connectivity index is 1.67. The number of rotatable bonds is 8. The molecule has 39 heavy (non-hydrogen) atoms. The van der Waals surface area contributed by atoms with E-state index in [1.165, 1.54) is 17.8 Å². The number of hydrogen-bond acceptors (Lipinski definition) is 8. The second kappa shape index (κ2) is 12.0. The van der Waals surface area contributed by atoms with Gasteiger partial charge in [-0.05, 0) is 66.2 Å². The first-order valence-corrected chi connectivity index (χ1v) is 15.0. The molecule has 0 amide bonds. The SMILES string of the molecule is CCCC1=C(C(=O)OCC)[C@H](c2cccc(OC)c2)n2c(s/c(=C/c3cc(Br)c(N4CCCCC4)o3)c2=O)=N1. The first kappa shape index (κ1) is 27.5. The summed E-state index contributed by atoms with van der Waals surface area (Å²) in [6.07, 6.45) is 6.64. The third kappa shape index (κ3) is 5.49. The molecule has 1 atom stereocenters. The van der Waals surface area contributed by atoms with Gasteiger partial charge in [0.2, 0.25) is 5.88 Å². The Kier molecular flexibility index (Phi) is 8.42. The van der Waals surface area contributed by atoms with E-state index in [1.807, 2.05) is 37.3 Å². The topological polar surface area (TPSA) is 86.3 Å². The van der Waals surface area contributed by atoms with E-state index in [2.05, 4.69) is 20.8 Å². The number of thiazole rings is 1. The number of allylic oxidation sites excluding steroid dienone is 1. The zero-order chi connectivity index (χ0) is 27.5. The van der Waals surface area contributed by atoms with Gasteiger partial charge in [0.25, 0.3) is 5.56 Å². The van der Waals surface area contributed by atoms with Crippen LogP contribution in [-0.2, 0) is 9.53 Å². The Morgan fingerprint density at radius 3 is 2.74 bits per heavy atom. The van der Waals surface area contributed by atoms with Gasteiger partial charge in [0, 0.05) is 25.2 Å². The zero-order valence-corrected chi connectivity index (χ0v) is 24.8. The van der Waals surface area contributed by atoms with Gasteiger partial charge in [-0.15, -0.1) is 0 Å². The highest BCUT2D eigenvalue weighted by Gasteiger charge is 2.34. The minimum atomic E-state index is -0.689. The molecule has 3 aromatic rings. The molecule has 1 fully saturated rings. The van der Waals surface area contributed by atoms with E-state index in [9.17, 15) is 9.59 Å². The average Bonchev–Trinajstić information content (AvgIpc) is 3.47. The summed E-state index contributed by atoms with van der Waals surface area (Å²) in [5.74, 6) is 1.55. The molecule has 0 N–H and O–H groups in total. The number of halogens is 1. The summed E-state index contributed by atoms with van der Waals surface area (Å²) in [6.45, 7) is 5.93. The number of anilines is 1. The Morgan fingerprint density at radius 2 is 2.03 bits per heavy atom. The van der Waals surface area contributed by atoms with Crippen molar-refractivity contribution in [3.63, 3.8) is 0 Å². The van der Waals surface area contributed by atoms with Crippen LogP contribution in [0.15, 0.2) is 60.3 Å². The number of nitrogens with zero attached hydrogens (tertiary/aromatic N) is 3. The van der Waals surface area contributed by atoms with Crippen molar-refractivity contribution in [3.8, 4) is 5.75 Å². The smallest absolute Gasteiger partial charge is 0.338 e. The van der Waals surface area contributed by atoms with Gasteiger partial charge in [-0.1, -0.05) is 36.8 Å². The molecule has 2 aliphatic heterocycles. The fourth-order valence-electron chi connectivity index (χ4n) is 5.14. The quantitative estimate of drug-likeness (QED) is 0.335. The maximum Gasteiger partial charge on any atom is 0.338 e. The normalized spacial score (nSPS) is 17.7. The Morgan fingerprint density at radius 1 is 1.23 bits per heavy atom. The van der Waals surface area contributed by atoms with Crippen LogP contribution in [0.3, 0.4) is 0 Å². The number of carbonyl (C=O) groups is 1. The molecule has 0 spiro atoms. The Bertz CT molecular complexity index is 1580. The largest absolute Gasteiger partial charge is 0.497 e. The second-order valence-electron chi connectivity index (χ2n) is 9.54. The van der Waals surface area contributed by atoms with E-state index >= 15 is 0 Å². The summed E-state index contributed by atoms with van der Waals surface area (Å²) in [4.78, 5) is 34.9. The van der Waals surface area contributed by atoms with Crippen LogP contribution in [0.25, 0.3) is 6.08 Å². The molecule has 0 saturated carbocycles. The molecule has 2 aromatic heterocycles. The molecule has 1 aromatic carbocycles. The van der Waals surface area contributed by atoms with Crippen molar-refractivity contribution in [2.24, 2.45) is 4.99 Å². The fourth-order valence-corrected chi connectivity index (χ4v) is 6.69. The predicted octanol–water partition coefficient (Wildman–Crippen LogP) is 4.93. The van der Waals surface area contributed by atoms with Crippen LogP contribution >= 0.6 is 27.3 Å². The van der Waals surface area contributed by atoms with Gasteiger partial charge >= 0.3 is 5.97 Å². The monoisotopic (exact) mass is 613 g/mol. The lowest BCUT2D eigenvalue weighted by atomic mass is 9.94. The van der Waals surface area contributed by atoms with Crippen LogP contribution < -0.4 is 24.5 Å².